The number of carboxylic acids is 1. The predicted octanol–water partition coefficient (Wildman–Crippen LogP) is 2.51. The smallest absolute Gasteiger partial charge is 0.410 e. The minimum atomic E-state index is -1.01. The van der Waals surface area contributed by atoms with Crippen molar-refractivity contribution in [3.05, 3.63) is 29.3 Å². The fourth-order valence-electron chi connectivity index (χ4n) is 2.01. The highest BCUT2D eigenvalue weighted by Crippen LogP contribution is 2.25. The van der Waals surface area contributed by atoms with Crippen LogP contribution in [-0.4, -0.2) is 40.8 Å². The lowest BCUT2D eigenvalue weighted by Crippen LogP contribution is -2.37. The molecule has 1 aromatic carbocycles. The van der Waals surface area contributed by atoms with Crippen molar-refractivity contribution < 1.29 is 24.2 Å². The first-order valence-corrected chi connectivity index (χ1v) is 6.73. The number of rotatable bonds is 1. The second-order valence-corrected chi connectivity index (χ2v) is 5.88. The highest BCUT2D eigenvalue weighted by atomic mass is 16.6. The number of amides is 1. The summed E-state index contributed by atoms with van der Waals surface area (Å²) in [7, 11) is 0. The largest absolute Gasteiger partial charge is 0.491 e. The van der Waals surface area contributed by atoms with Gasteiger partial charge in [-0.3, -0.25) is 0 Å². The zero-order valence-electron chi connectivity index (χ0n) is 12.4. The molecule has 1 amide bonds. The molecule has 0 saturated carbocycles. The molecule has 2 rings (SSSR count). The Hall–Kier alpha value is -2.24. The van der Waals surface area contributed by atoms with E-state index in [1.165, 1.54) is 17.0 Å². The van der Waals surface area contributed by atoms with Crippen LogP contribution in [0.15, 0.2) is 18.2 Å². The van der Waals surface area contributed by atoms with Gasteiger partial charge >= 0.3 is 12.1 Å². The van der Waals surface area contributed by atoms with Crippen molar-refractivity contribution in [3.8, 4) is 5.75 Å². The SMILES string of the molecule is CC(C)(C)OC(=O)N1CCOc2ccc(C(=O)O)cc2C1. The summed E-state index contributed by atoms with van der Waals surface area (Å²) in [4.78, 5) is 24.7. The maximum Gasteiger partial charge on any atom is 0.410 e. The van der Waals surface area contributed by atoms with Crippen LogP contribution < -0.4 is 4.74 Å². The molecule has 0 aromatic heterocycles. The van der Waals surface area contributed by atoms with Crippen molar-refractivity contribution in [2.24, 2.45) is 0 Å². The summed E-state index contributed by atoms with van der Waals surface area (Å²) in [5.41, 5.74) is 0.261. The number of carboxylic acid groups (broad SMARTS) is 1. The van der Waals surface area contributed by atoms with Crippen LogP contribution in [-0.2, 0) is 11.3 Å². The second kappa shape index (κ2) is 5.63. The van der Waals surface area contributed by atoms with Gasteiger partial charge in [0.2, 0.25) is 0 Å². The molecule has 0 aliphatic carbocycles. The lowest BCUT2D eigenvalue weighted by molar-refractivity contribution is 0.0225. The summed E-state index contributed by atoms with van der Waals surface area (Å²) in [6, 6.07) is 4.64. The molecule has 0 spiro atoms. The molecule has 21 heavy (non-hydrogen) atoms. The highest BCUT2D eigenvalue weighted by molar-refractivity contribution is 5.88. The van der Waals surface area contributed by atoms with Crippen molar-refractivity contribution in [3.63, 3.8) is 0 Å². The number of nitrogens with zero attached hydrogens (tertiary/aromatic N) is 1. The minimum absolute atomic E-state index is 0.170. The molecule has 6 nitrogen and oxygen atoms in total. The lowest BCUT2D eigenvalue weighted by Gasteiger charge is -2.26. The van der Waals surface area contributed by atoms with Gasteiger partial charge in [0.05, 0.1) is 18.7 Å². The standard InChI is InChI=1S/C15H19NO5/c1-15(2,3)21-14(19)16-6-7-20-12-5-4-10(13(17)18)8-11(12)9-16/h4-5,8H,6-7,9H2,1-3H3,(H,17,18). The van der Waals surface area contributed by atoms with E-state index in [4.69, 9.17) is 14.6 Å². The third-order valence-electron chi connectivity index (χ3n) is 2.94. The fourth-order valence-corrected chi connectivity index (χ4v) is 2.01. The minimum Gasteiger partial charge on any atom is -0.491 e. The third kappa shape index (κ3) is 3.87. The Bertz CT molecular complexity index is 562. The van der Waals surface area contributed by atoms with Gasteiger partial charge in [0.1, 0.15) is 18.0 Å². The predicted molar refractivity (Wildman–Crippen MR) is 75.5 cm³/mol. The van der Waals surface area contributed by atoms with Gasteiger partial charge in [0, 0.05) is 5.56 Å². The van der Waals surface area contributed by atoms with Gasteiger partial charge in [-0.2, -0.15) is 0 Å². The maximum absolute atomic E-state index is 12.1. The van der Waals surface area contributed by atoms with E-state index >= 15 is 0 Å². The van der Waals surface area contributed by atoms with Crippen LogP contribution in [0.4, 0.5) is 4.79 Å². The molecule has 0 saturated heterocycles. The summed E-state index contributed by atoms with van der Waals surface area (Å²) in [5.74, 6) is -0.406. The summed E-state index contributed by atoms with van der Waals surface area (Å²) in [5, 5.41) is 9.04. The molecule has 114 valence electrons. The van der Waals surface area contributed by atoms with Crippen LogP contribution in [0.2, 0.25) is 0 Å². The van der Waals surface area contributed by atoms with Crippen LogP contribution >= 0.6 is 0 Å². The number of carbonyl (C=O) groups excluding carboxylic acids is 1. The molecular formula is C15H19NO5. The topological polar surface area (TPSA) is 76.1 Å². The molecule has 6 heteroatoms. The van der Waals surface area contributed by atoms with Gasteiger partial charge in [-0.25, -0.2) is 9.59 Å². The maximum atomic E-state index is 12.1. The van der Waals surface area contributed by atoms with Crippen molar-refractivity contribution in [1.82, 2.24) is 4.90 Å². The number of fused-ring (bicyclic) bond motifs is 1. The van der Waals surface area contributed by atoms with Gasteiger partial charge in [-0.05, 0) is 39.0 Å². The average molecular weight is 293 g/mol. The number of hydrogen-bond donors (Lipinski definition) is 1. The molecule has 1 heterocycles. The second-order valence-electron chi connectivity index (χ2n) is 5.88. The molecule has 0 unspecified atom stereocenters. The normalized spacial score (nSPS) is 14.7. The van der Waals surface area contributed by atoms with Crippen LogP contribution in [0, 0.1) is 0 Å². The number of carbonyl (C=O) groups is 2. The summed E-state index contributed by atoms with van der Waals surface area (Å²) in [6.45, 7) is 6.41. The zero-order chi connectivity index (χ0) is 15.6. The monoisotopic (exact) mass is 293 g/mol. The summed E-state index contributed by atoms with van der Waals surface area (Å²) < 4.78 is 10.9. The Morgan fingerprint density at radius 3 is 2.67 bits per heavy atom. The highest BCUT2D eigenvalue weighted by Gasteiger charge is 2.25. The van der Waals surface area contributed by atoms with Gasteiger partial charge in [-0.1, -0.05) is 0 Å². The van der Waals surface area contributed by atoms with Gasteiger partial charge in [0.15, 0.2) is 0 Å². The first-order valence-electron chi connectivity index (χ1n) is 6.73. The quantitative estimate of drug-likeness (QED) is 0.861. The molecule has 0 radical (unpaired) electrons. The van der Waals surface area contributed by atoms with Crippen molar-refractivity contribution in [1.29, 1.82) is 0 Å². The van der Waals surface area contributed by atoms with E-state index < -0.39 is 17.7 Å². The lowest BCUT2D eigenvalue weighted by atomic mass is 10.1. The van der Waals surface area contributed by atoms with E-state index in [9.17, 15) is 9.59 Å². The molecular weight excluding hydrogens is 274 g/mol. The molecule has 1 aromatic rings. The first-order chi connectivity index (χ1) is 9.76. The van der Waals surface area contributed by atoms with E-state index in [2.05, 4.69) is 0 Å². The molecule has 0 atom stereocenters. The molecule has 0 bridgehead atoms. The molecule has 0 fully saturated rings. The van der Waals surface area contributed by atoms with Crippen LogP contribution in [0.1, 0.15) is 36.7 Å². The Morgan fingerprint density at radius 1 is 1.33 bits per heavy atom. The van der Waals surface area contributed by atoms with Gasteiger partial charge < -0.3 is 19.5 Å². The van der Waals surface area contributed by atoms with Gasteiger partial charge in [-0.15, -0.1) is 0 Å². The van der Waals surface area contributed by atoms with Crippen LogP contribution in [0.3, 0.4) is 0 Å². The van der Waals surface area contributed by atoms with Crippen molar-refractivity contribution in [2.75, 3.05) is 13.2 Å². The number of aromatic carboxylic acids is 1. The van der Waals surface area contributed by atoms with Crippen LogP contribution in [0.5, 0.6) is 5.75 Å². The molecule has 1 aliphatic heterocycles. The zero-order valence-corrected chi connectivity index (χ0v) is 12.4. The summed E-state index contributed by atoms with van der Waals surface area (Å²) in [6.07, 6.45) is -0.431. The number of hydrogen-bond acceptors (Lipinski definition) is 4. The fraction of sp³-hybridized carbons (Fsp3) is 0.467. The van der Waals surface area contributed by atoms with E-state index in [1.54, 1.807) is 26.8 Å². The van der Waals surface area contributed by atoms with E-state index in [0.29, 0.717) is 24.5 Å². The Kier molecular flexibility index (Phi) is 4.06. The Balaban J connectivity index is 2.21. The first kappa shape index (κ1) is 15.2. The Labute approximate surface area is 123 Å². The van der Waals surface area contributed by atoms with E-state index in [0.717, 1.165) is 0 Å². The Morgan fingerprint density at radius 2 is 2.05 bits per heavy atom. The van der Waals surface area contributed by atoms with Crippen molar-refractivity contribution in [2.45, 2.75) is 32.9 Å². The molecule has 1 aliphatic rings. The van der Waals surface area contributed by atoms with E-state index in [1.807, 2.05) is 0 Å². The van der Waals surface area contributed by atoms with E-state index in [-0.39, 0.29) is 12.1 Å². The number of ether oxygens (including phenoxy) is 2. The van der Waals surface area contributed by atoms with Gasteiger partial charge in [0.25, 0.3) is 0 Å². The number of benzene rings is 1. The average Bonchev–Trinajstić information content (AvgIpc) is 2.57. The molecule has 1 N–H and O–H groups in total. The van der Waals surface area contributed by atoms with Crippen LogP contribution in [0.25, 0.3) is 0 Å². The van der Waals surface area contributed by atoms with Crippen molar-refractivity contribution >= 4 is 12.1 Å². The third-order valence-corrected chi connectivity index (χ3v) is 2.94. The summed E-state index contributed by atoms with van der Waals surface area (Å²) >= 11 is 0.